The molecule has 1 aliphatic heterocycles. The first-order chi connectivity index (χ1) is 13.1. The number of aromatic carboxylic acids is 1. The van der Waals surface area contributed by atoms with Gasteiger partial charge in [0.25, 0.3) is 5.91 Å². The summed E-state index contributed by atoms with van der Waals surface area (Å²) in [5.74, 6) is -1.20. The van der Waals surface area contributed by atoms with Gasteiger partial charge in [-0.3, -0.25) is 4.79 Å². The molecule has 1 amide bonds. The fraction of sp³-hybridized carbons (Fsp3) is 0. The Morgan fingerprint density at radius 1 is 1.00 bits per heavy atom. The second kappa shape index (κ2) is 7.09. The minimum atomic E-state index is -0.980. The van der Waals surface area contributed by atoms with E-state index in [0.717, 1.165) is 22.0 Å². The molecule has 0 spiro atoms. The lowest BCUT2D eigenvalue weighted by atomic mass is 10.1. The number of thioether (sulfide) groups is 1. The molecule has 5 nitrogen and oxygen atoms in total. The normalized spacial score (nSPS) is 16.8. The van der Waals surface area contributed by atoms with Crippen LogP contribution < -0.4 is 5.32 Å². The lowest BCUT2D eigenvalue weighted by Gasteiger charge is -2.00. The van der Waals surface area contributed by atoms with E-state index in [1.165, 1.54) is 23.9 Å². The minimum Gasteiger partial charge on any atom is -0.478 e. The summed E-state index contributed by atoms with van der Waals surface area (Å²) in [5.41, 5.74) is 1.73. The van der Waals surface area contributed by atoms with Crippen molar-refractivity contribution < 1.29 is 14.7 Å². The smallest absolute Gasteiger partial charge is 0.335 e. The van der Waals surface area contributed by atoms with Crippen LogP contribution in [0.1, 0.15) is 15.9 Å². The molecule has 1 fully saturated rings. The van der Waals surface area contributed by atoms with Crippen LogP contribution in [0.15, 0.2) is 76.6 Å². The number of nitrogens with one attached hydrogen (secondary N) is 1. The second-order valence-corrected chi connectivity index (χ2v) is 6.97. The Labute approximate surface area is 159 Å². The number of nitrogens with zero attached hydrogens (tertiary/aromatic N) is 1. The molecule has 2 N–H and O–H groups in total. The zero-order valence-corrected chi connectivity index (χ0v) is 14.9. The number of carbonyl (C=O) groups is 2. The Morgan fingerprint density at radius 3 is 2.48 bits per heavy atom. The highest BCUT2D eigenvalue weighted by Crippen LogP contribution is 2.29. The largest absolute Gasteiger partial charge is 0.478 e. The van der Waals surface area contributed by atoms with Crippen molar-refractivity contribution in [3.63, 3.8) is 0 Å². The number of benzene rings is 3. The minimum absolute atomic E-state index is 0.208. The van der Waals surface area contributed by atoms with Crippen LogP contribution in [-0.4, -0.2) is 22.2 Å². The summed E-state index contributed by atoms with van der Waals surface area (Å²) in [5, 5.41) is 14.4. The number of aliphatic imine (C=N–C) groups is 1. The first-order valence-electron chi connectivity index (χ1n) is 8.20. The number of carboxylic acid groups (broad SMARTS) is 1. The van der Waals surface area contributed by atoms with Crippen molar-refractivity contribution in [3.8, 4) is 0 Å². The van der Waals surface area contributed by atoms with Crippen molar-refractivity contribution in [1.82, 2.24) is 5.32 Å². The highest BCUT2D eigenvalue weighted by atomic mass is 32.2. The molecule has 132 valence electrons. The predicted octanol–water partition coefficient (Wildman–Crippen LogP) is 4.43. The molecule has 3 aromatic carbocycles. The van der Waals surface area contributed by atoms with Crippen LogP contribution in [0.4, 0.5) is 5.69 Å². The average Bonchev–Trinajstić information content (AvgIpc) is 3.01. The van der Waals surface area contributed by atoms with Crippen molar-refractivity contribution in [2.24, 2.45) is 4.99 Å². The van der Waals surface area contributed by atoms with Crippen molar-refractivity contribution in [1.29, 1.82) is 0 Å². The molecule has 27 heavy (non-hydrogen) atoms. The van der Waals surface area contributed by atoms with Gasteiger partial charge in [-0.15, -0.1) is 0 Å². The van der Waals surface area contributed by atoms with Crippen LogP contribution in [0.2, 0.25) is 0 Å². The predicted molar refractivity (Wildman–Crippen MR) is 108 cm³/mol. The lowest BCUT2D eigenvalue weighted by molar-refractivity contribution is -0.115. The van der Waals surface area contributed by atoms with Crippen LogP contribution in [-0.2, 0) is 4.79 Å². The first-order valence-corrected chi connectivity index (χ1v) is 9.02. The van der Waals surface area contributed by atoms with E-state index in [9.17, 15) is 9.59 Å². The third-order valence-corrected chi connectivity index (χ3v) is 4.98. The molecular formula is C21H14N2O3S. The molecule has 1 heterocycles. The molecule has 0 radical (unpaired) electrons. The number of hydrogen-bond acceptors (Lipinski definition) is 4. The topological polar surface area (TPSA) is 78.8 Å². The van der Waals surface area contributed by atoms with Gasteiger partial charge in [-0.05, 0) is 58.4 Å². The molecule has 0 saturated carbocycles. The van der Waals surface area contributed by atoms with Gasteiger partial charge in [-0.1, -0.05) is 42.5 Å². The third kappa shape index (κ3) is 3.75. The van der Waals surface area contributed by atoms with Crippen molar-refractivity contribution in [3.05, 3.63) is 82.8 Å². The fourth-order valence-electron chi connectivity index (χ4n) is 2.72. The van der Waals surface area contributed by atoms with Crippen molar-refractivity contribution >= 4 is 51.3 Å². The van der Waals surface area contributed by atoms with Crippen LogP contribution in [0.25, 0.3) is 16.8 Å². The summed E-state index contributed by atoms with van der Waals surface area (Å²) in [6.07, 6.45) is 1.72. The summed E-state index contributed by atoms with van der Waals surface area (Å²) in [7, 11) is 0. The third-order valence-electron chi connectivity index (χ3n) is 4.07. The molecule has 0 aliphatic carbocycles. The van der Waals surface area contributed by atoms with E-state index in [1.54, 1.807) is 18.2 Å². The molecule has 0 bridgehead atoms. The number of rotatable bonds is 3. The fourth-order valence-corrected chi connectivity index (χ4v) is 3.56. The van der Waals surface area contributed by atoms with Crippen LogP contribution >= 0.6 is 11.8 Å². The zero-order chi connectivity index (χ0) is 18.8. The van der Waals surface area contributed by atoms with Gasteiger partial charge in [0, 0.05) is 0 Å². The maximum Gasteiger partial charge on any atom is 0.335 e. The van der Waals surface area contributed by atoms with Gasteiger partial charge in [-0.25, -0.2) is 9.79 Å². The number of amidine groups is 1. The number of hydrogen-bond donors (Lipinski definition) is 2. The molecule has 0 unspecified atom stereocenters. The van der Waals surface area contributed by atoms with Crippen LogP contribution in [0.3, 0.4) is 0 Å². The summed E-state index contributed by atoms with van der Waals surface area (Å²) in [6.45, 7) is 0. The van der Waals surface area contributed by atoms with Gasteiger partial charge >= 0.3 is 5.97 Å². The van der Waals surface area contributed by atoms with Gasteiger partial charge in [0.2, 0.25) is 0 Å². The van der Waals surface area contributed by atoms with Crippen molar-refractivity contribution in [2.45, 2.75) is 0 Å². The monoisotopic (exact) mass is 374 g/mol. The van der Waals surface area contributed by atoms with Gasteiger partial charge < -0.3 is 10.4 Å². The zero-order valence-electron chi connectivity index (χ0n) is 14.0. The highest BCUT2D eigenvalue weighted by Gasteiger charge is 2.23. The Bertz CT molecular complexity index is 1120. The number of carbonyl (C=O) groups excluding carboxylic acids is 1. The molecule has 1 saturated heterocycles. The van der Waals surface area contributed by atoms with E-state index in [0.29, 0.717) is 10.1 Å². The summed E-state index contributed by atoms with van der Waals surface area (Å²) in [4.78, 5) is 28.1. The molecule has 4 rings (SSSR count). The quantitative estimate of drug-likeness (QED) is 0.665. The number of amides is 1. The van der Waals surface area contributed by atoms with Crippen LogP contribution in [0, 0.1) is 0 Å². The highest BCUT2D eigenvalue weighted by molar-refractivity contribution is 8.18. The van der Waals surface area contributed by atoms with E-state index in [4.69, 9.17) is 5.11 Å². The second-order valence-electron chi connectivity index (χ2n) is 5.94. The van der Waals surface area contributed by atoms with E-state index < -0.39 is 5.97 Å². The van der Waals surface area contributed by atoms with Crippen LogP contribution in [0.5, 0.6) is 0 Å². The first kappa shape index (κ1) is 17.1. The number of carboxylic acids is 1. The summed E-state index contributed by atoms with van der Waals surface area (Å²) < 4.78 is 0. The Kier molecular flexibility index (Phi) is 4.48. The Morgan fingerprint density at radius 2 is 1.74 bits per heavy atom. The van der Waals surface area contributed by atoms with E-state index in [1.807, 2.05) is 42.5 Å². The lowest BCUT2D eigenvalue weighted by Crippen LogP contribution is -2.19. The summed E-state index contributed by atoms with van der Waals surface area (Å²) in [6, 6.07) is 20.3. The maximum atomic E-state index is 12.2. The molecular weight excluding hydrogens is 360 g/mol. The molecule has 1 aliphatic rings. The van der Waals surface area contributed by atoms with Gasteiger partial charge in [-0.2, -0.15) is 0 Å². The number of fused-ring (bicyclic) bond motifs is 1. The molecule has 3 aromatic rings. The standard InChI is InChI=1S/C21H14N2O3S/c24-19-18(11-13-5-7-15(8-6-13)20(25)26)27-21(23-19)22-17-10-9-14-3-1-2-4-16(14)12-17/h1-12H,(H,25,26)(H,22,23,24). The maximum absolute atomic E-state index is 12.2. The van der Waals surface area contributed by atoms with Gasteiger partial charge in [0.05, 0.1) is 16.2 Å². The Hall–Kier alpha value is -3.38. The van der Waals surface area contributed by atoms with E-state index >= 15 is 0 Å². The van der Waals surface area contributed by atoms with Gasteiger partial charge in [0.1, 0.15) is 0 Å². The summed E-state index contributed by atoms with van der Waals surface area (Å²) >= 11 is 1.26. The molecule has 0 atom stereocenters. The molecule has 0 aromatic heterocycles. The molecule has 6 heteroatoms. The van der Waals surface area contributed by atoms with Gasteiger partial charge in [0.15, 0.2) is 5.17 Å². The average molecular weight is 374 g/mol. The SMILES string of the molecule is O=C1NC(=Nc2ccc3ccccc3c2)SC1=Cc1ccc(C(=O)O)cc1. The van der Waals surface area contributed by atoms with E-state index in [-0.39, 0.29) is 11.5 Å². The van der Waals surface area contributed by atoms with Crippen molar-refractivity contribution in [2.75, 3.05) is 0 Å². The Balaban J connectivity index is 1.57. The van der Waals surface area contributed by atoms with E-state index in [2.05, 4.69) is 10.3 Å².